The van der Waals surface area contributed by atoms with Gasteiger partial charge in [-0.3, -0.25) is 0 Å². The van der Waals surface area contributed by atoms with Crippen molar-refractivity contribution in [2.75, 3.05) is 4.90 Å². The third-order valence-electron chi connectivity index (χ3n) is 10.4. The van der Waals surface area contributed by atoms with Gasteiger partial charge in [-0.15, -0.1) is 0 Å². The monoisotopic (exact) mass is 720 g/mol. The highest BCUT2D eigenvalue weighted by Crippen LogP contribution is 2.63. The molecule has 7 aromatic carbocycles. The number of nitrogens with zero attached hydrogens (tertiary/aromatic N) is 6. The summed E-state index contributed by atoms with van der Waals surface area (Å²) in [7, 11) is 0. The topological polar surface area (TPSA) is 89.5 Å². The second kappa shape index (κ2) is 13.0. The molecule has 0 amide bonds. The Bertz CT molecular complexity index is 2710. The van der Waals surface area contributed by atoms with Crippen LogP contribution >= 0.6 is 11.8 Å². The van der Waals surface area contributed by atoms with Gasteiger partial charge in [0.2, 0.25) is 0 Å². The van der Waals surface area contributed by atoms with Gasteiger partial charge in [0.15, 0.2) is 17.5 Å². The van der Waals surface area contributed by atoms with Crippen LogP contribution in [0, 0.1) is 22.7 Å². The van der Waals surface area contributed by atoms with Crippen LogP contribution in [0.15, 0.2) is 180 Å². The van der Waals surface area contributed by atoms with Crippen LogP contribution in [0.3, 0.4) is 0 Å². The van der Waals surface area contributed by atoms with E-state index in [1.165, 1.54) is 20.9 Å². The molecule has 0 unspecified atom stereocenters. The Kier molecular flexibility index (Phi) is 7.62. The van der Waals surface area contributed by atoms with Gasteiger partial charge in [-0.05, 0) is 58.7 Å². The van der Waals surface area contributed by atoms with Crippen molar-refractivity contribution in [1.82, 2.24) is 15.0 Å². The molecule has 2 aliphatic rings. The smallest absolute Gasteiger partial charge is 0.164 e. The van der Waals surface area contributed by atoms with E-state index in [9.17, 15) is 10.5 Å². The van der Waals surface area contributed by atoms with E-state index in [4.69, 9.17) is 15.0 Å². The molecule has 0 N–H and O–H groups in total. The van der Waals surface area contributed by atoms with E-state index in [1.54, 1.807) is 23.9 Å². The molecule has 55 heavy (non-hydrogen) atoms. The lowest BCUT2D eigenvalue weighted by atomic mass is 9.62. The summed E-state index contributed by atoms with van der Waals surface area (Å²) in [5.74, 6) is 1.38. The largest absolute Gasteiger partial charge is 0.307 e. The van der Waals surface area contributed by atoms with E-state index in [0.29, 0.717) is 39.9 Å². The van der Waals surface area contributed by atoms with Crippen LogP contribution in [0.4, 0.5) is 17.1 Å². The van der Waals surface area contributed by atoms with Crippen LogP contribution in [0.25, 0.3) is 34.2 Å². The standard InChI is InChI=1S/C48H28N6S/c49-29-34-27-33(47-52-45(31-15-3-1-4-16-31)51-46(53-47)32-17-5-2-6-18-32)28-35(30-50)44(34)54-40-23-11-7-19-36(40)48(37-20-8-12-24-41(37)54)38-21-9-13-25-42(38)55-43-26-14-10-22-39(43)48/h1-28H. The van der Waals surface area contributed by atoms with Gasteiger partial charge in [0.25, 0.3) is 0 Å². The van der Waals surface area contributed by atoms with Gasteiger partial charge in [-0.2, -0.15) is 10.5 Å². The molecule has 6 nitrogen and oxygen atoms in total. The van der Waals surface area contributed by atoms with Gasteiger partial charge in [0, 0.05) is 26.5 Å². The number of anilines is 3. The molecule has 0 bridgehead atoms. The Morgan fingerprint density at radius 1 is 0.436 bits per heavy atom. The number of para-hydroxylation sites is 2. The second-order valence-electron chi connectivity index (χ2n) is 13.4. The molecule has 0 saturated carbocycles. The van der Waals surface area contributed by atoms with E-state index >= 15 is 0 Å². The minimum atomic E-state index is -0.645. The van der Waals surface area contributed by atoms with E-state index in [2.05, 4.69) is 102 Å². The van der Waals surface area contributed by atoms with Crippen LogP contribution in [0.1, 0.15) is 33.4 Å². The zero-order valence-corrected chi connectivity index (χ0v) is 30.1. The highest BCUT2D eigenvalue weighted by Gasteiger charge is 2.50. The van der Waals surface area contributed by atoms with Crippen molar-refractivity contribution < 1.29 is 0 Å². The first-order valence-corrected chi connectivity index (χ1v) is 18.7. The third kappa shape index (κ3) is 4.99. The van der Waals surface area contributed by atoms with Crippen LogP contribution in [-0.2, 0) is 5.41 Å². The molecule has 10 rings (SSSR count). The summed E-state index contributed by atoms with van der Waals surface area (Å²) in [4.78, 5) is 19.1. The van der Waals surface area contributed by atoms with Gasteiger partial charge in [-0.25, -0.2) is 15.0 Å². The molecule has 0 aliphatic carbocycles. The van der Waals surface area contributed by atoms with Gasteiger partial charge in [0.05, 0.1) is 33.6 Å². The number of benzene rings is 7. The Morgan fingerprint density at radius 3 is 1.27 bits per heavy atom. The fourth-order valence-electron chi connectivity index (χ4n) is 8.17. The number of hydrogen-bond acceptors (Lipinski definition) is 7. The molecule has 1 spiro atoms. The molecule has 2 aliphatic heterocycles. The van der Waals surface area contributed by atoms with E-state index < -0.39 is 5.41 Å². The maximum Gasteiger partial charge on any atom is 0.164 e. The van der Waals surface area contributed by atoms with Crippen molar-refractivity contribution in [2.24, 2.45) is 0 Å². The van der Waals surface area contributed by atoms with E-state index in [0.717, 1.165) is 33.6 Å². The number of rotatable bonds is 4. The maximum atomic E-state index is 11.0. The molecule has 256 valence electrons. The fourth-order valence-corrected chi connectivity index (χ4v) is 9.37. The quantitative estimate of drug-likeness (QED) is 0.179. The third-order valence-corrected chi connectivity index (χ3v) is 11.6. The molecule has 0 radical (unpaired) electrons. The first-order valence-electron chi connectivity index (χ1n) is 17.9. The lowest BCUT2D eigenvalue weighted by Crippen LogP contribution is -2.39. The first kappa shape index (κ1) is 32.3. The molecule has 8 aromatic rings. The van der Waals surface area contributed by atoms with E-state index in [-0.39, 0.29) is 0 Å². The Hall–Kier alpha value is -7.32. The predicted molar refractivity (Wildman–Crippen MR) is 216 cm³/mol. The van der Waals surface area contributed by atoms with E-state index in [1.807, 2.05) is 72.8 Å². The Morgan fingerprint density at radius 2 is 0.818 bits per heavy atom. The Labute approximate surface area is 322 Å². The summed E-state index contributed by atoms with van der Waals surface area (Å²) in [5.41, 5.74) is 9.09. The van der Waals surface area contributed by atoms with Gasteiger partial charge < -0.3 is 4.90 Å². The normalized spacial score (nSPS) is 13.1. The zero-order chi connectivity index (χ0) is 36.9. The fraction of sp³-hybridized carbons (Fsp3) is 0.0208. The van der Waals surface area contributed by atoms with Crippen molar-refractivity contribution in [3.63, 3.8) is 0 Å². The molecule has 1 aromatic heterocycles. The maximum absolute atomic E-state index is 11.0. The van der Waals surface area contributed by atoms with Crippen molar-refractivity contribution in [3.05, 3.63) is 203 Å². The Balaban J connectivity index is 1.22. The summed E-state index contributed by atoms with van der Waals surface area (Å²) in [6.45, 7) is 0. The molecule has 0 fully saturated rings. The van der Waals surface area contributed by atoms with Crippen LogP contribution in [0.5, 0.6) is 0 Å². The van der Waals surface area contributed by atoms with Gasteiger partial charge in [-0.1, -0.05) is 145 Å². The SMILES string of the molecule is N#Cc1cc(-c2nc(-c3ccccc3)nc(-c3ccccc3)n2)cc(C#N)c1N1c2ccccc2C2(c3ccccc3Sc3ccccc32)c2ccccc21. The first-order chi connectivity index (χ1) is 27.2. The lowest BCUT2D eigenvalue weighted by Gasteiger charge is -2.49. The predicted octanol–water partition coefficient (Wildman–Crippen LogP) is 11.2. The van der Waals surface area contributed by atoms with Crippen molar-refractivity contribution >= 4 is 28.8 Å². The van der Waals surface area contributed by atoms with Crippen molar-refractivity contribution in [3.8, 4) is 46.3 Å². The minimum Gasteiger partial charge on any atom is -0.307 e. The summed E-state index contributed by atoms with van der Waals surface area (Å²) in [6, 6.07) is 62.1. The number of hydrogen-bond donors (Lipinski definition) is 0. The van der Waals surface area contributed by atoms with Gasteiger partial charge >= 0.3 is 0 Å². The summed E-state index contributed by atoms with van der Waals surface area (Å²) in [5, 5.41) is 21.9. The van der Waals surface area contributed by atoms with Crippen molar-refractivity contribution in [1.29, 1.82) is 10.5 Å². The number of nitriles is 2. The van der Waals surface area contributed by atoms with Crippen molar-refractivity contribution in [2.45, 2.75) is 15.2 Å². The lowest BCUT2D eigenvalue weighted by molar-refractivity contribution is 0.692. The van der Waals surface area contributed by atoms with Gasteiger partial charge in [0.1, 0.15) is 12.1 Å². The summed E-state index contributed by atoms with van der Waals surface area (Å²) >= 11 is 1.79. The average Bonchev–Trinajstić information content (AvgIpc) is 3.26. The molecule has 3 heterocycles. The van der Waals surface area contributed by atoms with Crippen LogP contribution < -0.4 is 4.90 Å². The molecule has 0 atom stereocenters. The molecular formula is C48H28N6S. The number of aromatic nitrogens is 3. The minimum absolute atomic E-state index is 0.331. The highest BCUT2D eigenvalue weighted by atomic mass is 32.2. The molecule has 0 saturated heterocycles. The summed E-state index contributed by atoms with van der Waals surface area (Å²) < 4.78 is 0. The molecule has 7 heteroatoms. The van der Waals surface area contributed by atoms with Crippen LogP contribution in [-0.4, -0.2) is 15.0 Å². The molecular weight excluding hydrogens is 693 g/mol. The average molecular weight is 721 g/mol. The zero-order valence-electron chi connectivity index (χ0n) is 29.3. The highest BCUT2D eigenvalue weighted by molar-refractivity contribution is 7.99. The number of fused-ring (bicyclic) bond motifs is 8. The second-order valence-corrected chi connectivity index (χ2v) is 14.5. The summed E-state index contributed by atoms with van der Waals surface area (Å²) in [6.07, 6.45) is 0. The van der Waals surface area contributed by atoms with Crippen LogP contribution in [0.2, 0.25) is 0 Å².